The van der Waals surface area contributed by atoms with E-state index in [4.69, 9.17) is 0 Å². The van der Waals surface area contributed by atoms with Crippen LogP contribution in [0.15, 0.2) is 35.7 Å². The van der Waals surface area contributed by atoms with E-state index in [1.165, 1.54) is 48.5 Å². The summed E-state index contributed by atoms with van der Waals surface area (Å²) < 4.78 is 0. The third-order valence-electron chi connectivity index (χ3n) is 3.41. The van der Waals surface area contributed by atoms with Crippen molar-refractivity contribution < 1.29 is 4.79 Å². The minimum Gasteiger partial charge on any atom is -0.372 e. The summed E-state index contributed by atoms with van der Waals surface area (Å²) in [6.45, 7) is 2.35. The first kappa shape index (κ1) is 11.5. The number of carbonyl (C=O) groups excluding carboxylic acids is 1. The molecule has 1 fully saturated rings. The van der Waals surface area contributed by atoms with E-state index in [0.29, 0.717) is 0 Å². The van der Waals surface area contributed by atoms with E-state index < -0.39 is 0 Å². The van der Waals surface area contributed by atoms with Crippen LogP contribution in [0, 0.1) is 0 Å². The van der Waals surface area contributed by atoms with Crippen LogP contribution in [0.4, 0.5) is 5.69 Å². The van der Waals surface area contributed by atoms with Gasteiger partial charge in [-0.1, -0.05) is 12.1 Å². The van der Waals surface area contributed by atoms with Crippen molar-refractivity contribution in [3.05, 3.63) is 40.6 Å². The summed E-state index contributed by atoms with van der Waals surface area (Å²) in [7, 11) is 0. The van der Waals surface area contributed by atoms with Gasteiger partial charge < -0.3 is 4.90 Å². The third-order valence-corrected chi connectivity index (χ3v) is 4.27. The first-order chi connectivity index (χ1) is 8.86. The molecule has 3 heteroatoms. The van der Waals surface area contributed by atoms with E-state index in [9.17, 15) is 4.79 Å². The van der Waals surface area contributed by atoms with Crippen LogP contribution >= 0.6 is 11.3 Å². The molecule has 1 saturated heterocycles. The van der Waals surface area contributed by atoms with Gasteiger partial charge in [0.1, 0.15) is 0 Å². The maximum absolute atomic E-state index is 10.7. The molecule has 1 aliphatic rings. The van der Waals surface area contributed by atoms with Crippen LogP contribution in [0.2, 0.25) is 0 Å². The molecule has 0 aliphatic carbocycles. The third kappa shape index (κ3) is 2.18. The number of hydrogen-bond acceptors (Lipinski definition) is 3. The van der Waals surface area contributed by atoms with Gasteiger partial charge in [0.05, 0.1) is 4.88 Å². The molecule has 0 amide bonds. The molecule has 0 N–H and O–H groups in total. The van der Waals surface area contributed by atoms with E-state index in [1.54, 1.807) is 0 Å². The van der Waals surface area contributed by atoms with Gasteiger partial charge in [-0.25, -0.2) is 0 Å². The summed E-state index contributed by atoms with van der Waals surface area (Å²) in [5, 5.41) is 2.04. The second-order valence-electron chi connectivity index (χ2n) is 4.60. The number of rotatable bonds is 3. The van der Waals surface area contributed by atoms with Crippen molar-refractivity contribution in [3.8, 4) is 11.1 Å². The summed E-state index contributed by atoms with van der Waals surface area (Å²) >= 11 is 1.50. The van der Waals surface area contributed by atoms with Crippen molar-refractivity contribution in [3.63, 3.8) is 0 Å². The zero-order chi connectivity index (χ0) is 12.4. The molecule has 18 heavy (non-hydrogen) atoms. The van der Waals surface area contributed by atoms with Gasteiger partial charge in [-0.05, 0) is 47.5 Å². The van der Waals surface area contributed by atoms with E-state index in [2.05, 4.69) is 29.2 Å². The van der Waals surface area contributed by atoms with Crippen molar-refractivity contribution >= 4 is 23.3 Å². The average Bonchev–Trinajstić information content (AvgIpc) is 3.10. The van der Waals surface area contributed by atoms with E-state index >= 15 is 0 Å². The van der Waals surface area contributed by atoms with Crippen LogP contribution in [0.5, 0.6) is 0 Å². The van der Waals surface area contributed by atoms with Crippen LogP contribution in [0.1, 0.15) is 22.5 Å². The Morgan fingerprint density at radius 3 is 2.39 bits per heavy atom. The Kier molecular flexibility index (Phi) is 3.15. The standard InChI is InChI=1S/C15H15NOS/c17-10-15-9-13(11-18-15)12-3-5-14(6-4-12)16-7-1-2-8-16/h3-6,9-11H,1-2,7-8H2. The topological polar surface area (TPSA) is 20.3 Å². The Labute approximate surface area is 111 Å². The number of anilines is 1. The zero-order valence-electron chi connectivity index (χ0n) is 10.1. The monoisotopic (exact) mass is 257 g/mol. The highest BCUT2D eigenvalue weighted by Crippen LogP contribution is 2.28. The Bertz CT molecular complexity index is 538. The predicted molar refractivity (Wildman–Crippen MR) is 76.6 cm³/mol. The summed E-state index contributed by atoms with van der Waals surface area (Å²) in [6, 6.07) is 10.6. The molecular weight excluding hydrogens is 242 g/mol. The summed E-state index contributed by atoms with van der Waals surface area (Å²) in [6.07, 6.45) is 3.51. The molecule has 92 valence electrons. The fourth-order valence-corrected chi connectivity index (χ4v) is 3.12. The van der Waals surface area contributed by atoms with Gasteiger partial charge in [-0.3, -0.25) is 4.79 Å². The maximum Gasteiger partial charge on any atom is 0.160 e. The van der Waals surface area contributed by atoms with Crippen LogP contribution in [-0.2, 0) is 0 Å². The molecule has 1 aliphatic heterocycles. The highest BCUT2D eigenvalue weighted by atomic mass is 32.1. The number of thiophene rings is 1. The predicted octanol–water partition coefficient (Wildman–Crippen LogP) is 3.83. The molecule has 0 bridgehead atoms. The quantitative estimate of drug-likeness (QED) is 0.779. The molecule has 3 rings (SSSR count). The molecule has 2 aromatic rings. The van der Waals surface area contributed by atoms with Crippen molar-refractivity contribution in [1.29, 1.82) is 0 Å². The van der Waals surface area contributed by atoms with Crippen molar-refractivity contribution in [2.24, 2.45) is 0 Å². The molecule has 1 aromatic carbocycles. The number of nitrogens with zero attached hydrogens (tertiary/aromatic N) is 1. The zero-order valence-corrected chi connectivity index (χ0v) is 11.0. The van der Waals surface area contributed by atoms with Crippen LogP contribution < -0.4 is 4.90 Å². The molecule has 2 nitrogen and oxygen atoms in total. The Balaban J connectivity index is 1.83. The first-order valence-corrected chi connectivity index (χ1v) is 7.14. The lowest BCUT2D eigenvalue weighted by atomic mass is 10.1. The molecular formula is C15H15NOS. The fraction of sp³-hybridized carbons (Fsp3) is 0.267. The normalized spacial score (nSPS) is 15.0. The molecule has 1 aromatic heterocycles. The largest absolute Gasteiger partial charge is 0.372 e. The first-order valence-electron chi connectivity index (χ1n) is 6.26. The van der Waals surface area contributed by atoms with Crippen molar-refractivity contribution in [2.45, 2.75) is 12.8 Å². The van der Waals surface area contributed by atoms with Gasteiger partial charge >= 0.3 is 0 Å². The van der Waals surface area contributed by atoms with E-state index in [-0.39, 0.29) is 0 Å². The van der Waals surface area contributed by atoms with Crippen molar-refractivity contribution in [1.82, 2.24) is 0 Å². The van der Waals surface area contributed by atoms with Crippen molar-refractivity contribution in [2.75, 3.05) is 18.0 Å². The Morgan fingerprint density at radius 2 is 1.78 bits per heavy atom. The molecule has 2 heterocycles. The molecule has 0 atom stereocenters. The second kappa shape index (κ2) is 4.94. The fourth-order valence-electron chi connectivity index (χ4n) is 2.41. The number of benzene rings is 1. The molecule has 0 radical (unpaired) electrons. The molecule has 0 saturated carbocycles. The van der Waals surface area contributed by atoms with Gasteiger partial charge in [0.25, 0.3) is 0 Å². The van der Waals surface area contributed by atoms with E-state index in [0.717, 1.165) is 16.7 Å². The van der Waals surface area contributed by atoms with Crippen LogP contribution in [-0.4, -0.2) is 19.4 Å². The number of carbonyl (C=O) groups is 1. The molecule has 0 unspecified atom stereocenters. The van der Waals surface area contributed by atoms with E-state index in [1.807, 2.05) is 11.4 Å². The summed E-state index contributed by atoms with van der Waals surface area (Å²) in [5.74, 6) is 0. The highest BCUT2D eigenvalue weighted by Gasteiger charge is 2.12. The van der Waals surface area contributed by atoms with Gasteiger partial charge in [0.15, 0.2) is 6.29 Å². The Hall–Kier alpha value is -1.61. The van der Waals surface area contributed by atoms with Gasteiger partial charge in [0, 0.05) is 18.8 Å². The van der Waals surface area contributed by atoms with Gasteiger partial charge in [-0.2, -0.15) is 0 Å². The minimum atomic E-state index is 0.786. The maximum atomic E-state index is 10.7. The second-order valence-corrected chi connectivity index (χ2v) is 5.54. The lowest BCUT2D eigenvalue weighted by Gasteiger charge is -2.17. The van der Waals surface area contributed by atoms with Gasteiger partial charge in [0.2, 0.25) is 0 Å². The average molecular weight is 257 g/mol. The summed E-state index contributed by atoms with van der Waals surface area (Å²) in [5.41, 5.74) is 3.62. The number of hydrogen-bond donors (Lipinski definition) is 0. The minimum absolute atomic E-state index is 0.786. The van der Waals surface area contributed by atoms with Crippen LogP contribution in [0.25, 0.3) is 11.1 Å². The van der Waals surface area contributed by atoms with Gasteiger partial charge in [-0.15, -0.1) is 11.3 Å². The Morgan fingerprint density at radius 1 is 1.06 bits per heavy atom. The number of aldehydes is 1. The lowest BCUT2D eigenvalue weighted by Crippen LogP contribution is -2.17. The van der Waals surface area contributed by atoms with Crippen LogP contribution in [0.3, 0.4) is 0 Å². The highest BCUT2D eigenvalue weighted by molar-refractivity contribution is 7.12. The summed E-state index contributed by atoms with van der Waals surface area (Å²) in [4.78, 5) is 13.9. The lowest BCUT2D eigenvalue weighted by molar-refractivity contribution is 0.112. The SMILES string of the molecule is O=Cc1cc(-c2ccc(N3CCCC3)cc2)cs1. The smallest absolute Gasteiger partial charge is 0.160 e. The molecule has 0 spiro atoms.